The van der Waals surface area contributed by atoms with Gasteiger partial charge in [0.15, 0.2) is 5.69 Å². The average Bonchev–Trinajstić information content (AvgIpc) is 3.27. The van der Waals surface area contributed by atoms with Gasteiger partial charge in [0.25, 0.3) is 5.91 Å². The zero-order valence-corrected chi connectivity index (χ0v) is 16.1. The van der Waals surface area contributed by atoms with Crippen LogP contribution in [-0.4, -0.2) is 31.7 Å². The highest BCUT2D eigenvalue weighted by atomic mass is 32.1. The molecule has 3 aromatic rings. The minimum absolute atomic E-state index is 0.0322. The van der Waals surface area contributed by atoms with Gasteiger partial charge in [0, 0.05) is 30.2 Å². The van der Waals surface area contributed by atoms with E-state index in [1.54, 1.807) is 10.7 Å². The number of rotatable bonds is 6. The molecular weight excluding hydrogens is 364 g/mol. The van der Waals surface area contributed by atoms with Crippen molar-refractivity contribution in [2.24, 2.45) is 7.05 Å². The molecule has 2 heterocycles. The van der Waals surface area contributed by atoms with Gasteiger partial charge in [-0.25, -0.2) is 9.78 Å². The van der Waals surface area contributed by atoms with Crippen LogP contribution in [0.25, 0.3) is 10.6 Å². The Hall–Kier alpha value is -3.00. The number of carboxylic acids is 1. The zero-order valence-electron chi connectivity index (χ0n) is 15.3. The van der Waals surface area contributed by atoms with Gasteiger partial charge in [-0.15, -0.1) is 11.3 Å². The number of benzene rings is 1. The summed E-state index contributed by atoms with van der Waals surface area (Å²) in [5.74, 6) is -0.989. The Morgan fingerprint density at radius 1 is 1.26 bits per heavy atom. The molecule has 0 bridgehead atoms. The lowest BCUT2D eigenvalue weighted by Gasteiger charge is -2.05. The lowest BCUT2D eigenvalue weighted by molar-refractivity contribution is 0.0691. The number of carbonyl (C=O) groups is 2. The number of carboxylic acid groups (broad SMARTS) is 1. The molecular formula is C19H20N4O3S. The molecule has 0 atom stereocenters. The van der Waals surface area contributed by atoms with Gasteiger partial charge in [0.05, 0.1) is 0 Å². The van der Waals surface area contributed by atoms with Crippen molar-refractivity contribution in [2.75, 3.05) is 0 Å². The van der Waals surface area contributed by atoms with Gasteiger partial charge in [0.2, 0.25) is 0 Å². The maximum Gasteiger partial charge on any atom is 0.355 e. The number of aromatic carboxylic acids is 1. The van der Waals surface area contributed by atoms with Crippen molar-refractivity contribution in [3.63, 3.8) is 0 Å². The van der Waals surface area contributed by atoms with Crippen LogP contribution in [0.2, 0.25) is 0 Å². The van der Waals surface area contributed by atoms with E-state index in [0.717, 1.165) is 16.8 Å². The summed E-state index contributed by atoms with van der Waals surface area (Å²) >= 11 is 1.28. The highest BCUT2D eigenvalue weighted by molar-refractivity contribution is 7.13. The Labute approximate surface area is 160 Å². The number of aromatic nitrogens is 3. The van der Waals surface area contributed by atoms with Crippen LogP contribution in [0.3, 0.4) is 0 Å². The molecule has 3 rings (SSSR count). The lowest BCUT2D eigenvalue weighted by atomic mass is 10.1. The van der Waals surface area contributed by atoms with Gasteiger partial charge < -0.3 is 10.4 Å². The number of hydrogen-bond acceptors (Lipinski definition) is 5. The van der Waals surface area contributed by atoms with Crippen LogP contribution in [-0.2, 0) is 13.6 Å². The van der Waals surface area contributed by atoms with Crippen LogP contribution in [0, 0.1) is 0 Å². The molecule has 0 aliphatic rings. The number of thiazole rings is 1. The first kappa shape index (κ1) is 18.8. The van der Waals surface area contributed by atoms with Crippen molar-refractivity contribution in [3.8, 4) is 10.6 Å². The molecule has 0 unspecified atom stereocenters. The first-order chi connectivity index (χ1) is 12.8. The van der Waals surface area contributed by atoms with E-state index >= 15 is 0 Å². The highest BCUT2D eigenvalue weighted by Gasteiger charge is 2.15. The van der Waals surface area contributed by atoms with Crippen molar-refractivity contribution >= 4 is 23.2 Å². The van der Waals surface area contributed by atoms with Crippen LogP contribution in [0.1, 0.15) is 52.0 Å². The Morgan fingerprint density at radius 3 is 2.67 bits per heavy atom. The summed E-state index contributed by atoms with van der Waals surface area (Å²) in [5.41, 5.74) is 3.14. The van der Waals surface area contributed by atoms with Crippen molar-refractivity contribution in [1.29, 1.82) is 0 Å². The minimum Gasteiger partial charge on any atom is -0.476 e. The Balaban J connectivity index is 1.70. The van der Waals surface area contributed by atoms with E-state index in [-0.39, 0.29) is 17.5 Å². The monoisotopic (exact) mass is 384 g/mol. The van der Waals surface area contributed by atoms with Crippen molar-refractivity contribution < 1.29 is 14.7 Å². The SMILES string of the molecule is CC(C)c1cc(C(=O)NCc2cccc(-c3nc(C(=O)O)cs3)c2)nn1C. The fourth-order valence-electron chi connectivity index (χ4n) is 2.72. The maximum atomic E-state index is 12.4. The predicted octanol–water partition coefficient (Wildman–Crippen LogP) is 3.30. The number of nitrogens with one attached hydrogen (secondary N) is 1. The van der Waals surface area contributed by atoms with Gasteiger partial charge in [-0.3, -0.25) is 9.48 Å². The van der Waals surface area contributed by atoms with E-state index in [2.05, 4.69) is 29.2 Å². The summed E-state index contributed by atoms with van der Waals surface area (Å²) in [4.78, 5) is 27.5. The second kappa shape index (κ2) is 7.71. The van der Waals surface area contributed by atoms with Gasteiger partial charge in [0.1, 0.15) is 10.7 Å². The molecule has 7 nitrogen and oxygen atoms in total. The Morgan fingerprint density at radius 2 is 2.04 bits per heavy atom. The molecule has 0 radical (unpaired) electrons. The number of nitrogens with zero attached hydrogens (tertiary/aromatic N) is 3. The first-order valence-corrected chi connectivity index (χ1v) is 9.33. The molecule has 0 aliphatic heterocycles. The second-order valence-corrected chi connectivity index (χ2v) is 7.32. The van der Waals surface area contributed by atoms with Crippen molar-refractivity contribution in [2.45, 2.75) is 26.3 Å². The van der Waals surface area contributed by atoms with Crippen LogP contribution in [0.5, 0.6) is 0 Å². The van der Waals surface area contributed by atoms with Crippen LogP contribution < -0.4 is 5.32 Å². The molecule has 0 spiro atoms. The summed E-state index contributed by atoms with van der Waals surface area (Å²) in [6, 6.07) is 9.31. The van der Waals surface area contributed by atoms with Gasteiger partial charge >= 0.3 is 5.97 Å². The van der Waals surface area contributed by atoms with E-state index in [0.29, 0.717) is 17.2 Å². The molecule has 27 heavy (non-hydrogen) atoms. The normalized spacial score (nSPS) is 11.0. The summed E-state index contributed by atoms with van der Waals surface area (Å²) in [6.45, 7) is 4.45. The first-order valence-electron chi connectivity index (χ1n) is 8.45. The third kappa shape index (κ3) is 4.22. The van der Waals surface area contributed by atoms with Crippen LogP contribution in [0.15, 0.2) is 35.7 Å². The fourth-order valence-corrected chi connectivity index (χ4v) is 3.52. The predicted molar refractivity (Wildman–Crippen MR) is 103 cm³/mol. The van der Waals surface area contributed by atoms with E-state index < -0.39 is 5.97 Å². The summed E-state index contributed by atoms with van der Waals surface area (Å²) in [6.07, 6.45) is 0. The molecule has 0 saturated carbocycles. The van der Waals surface area contributed by atoms with Gasteiger partial charge in [-0.1, -0.05) is 32.0 Å². The quantitative estimate of drug-likeness (QED) is 0.680. The van der Waals surface area contributed by atoms with Gasteiger partial charge in [-0.2, -0.15) is 5.10 Å². The van der Waals surface area contributed by atoms with Crippen molar-refractivity contribution in [3.05, 3.63) is 58.4 Å². The standard InChI is InChI=1S/C19H20N4O3S/c1-11(2)16-8-14(22-23(16)3)17(24)20-9-12-5-4-6-13(7-12)18-21-15(10-27-18)19(25)26/h4-8,10-11H,9H2,1-3H3,(H,20,24)(H,25,26). The number of hydrogen-bond donors (Lipinski definition) is 2. The fraction of sp³-hybridized carbons (Fsp3) is 0.263. The van der Waals surface area contributed by atoms with E-state index in [1.165, 1.54) is 16.7 Å². The Kier molecular flexibility index (Phi) is 5.36. The smallest absolute Gasteiger partial charge is 0.355 e. The molecule has 2 N–H and O–H groups in total. The average molecular weight is 384 g/mol. The summed E-state index contributed by atoms with van der Waals surface area (Å²) in [5, 5.41) is 18.3. The minimum atomic E-state index is -1.04. The summed E-state index contributed by atoms with van der Waals surface area (Å²) in [7, 11) is 1.83. The Bertz CT molecular complexity index is 991. The van der Waals surface area contributed by atoms with E-state index in [1.807, 2.05) is 31.3 Å². The summed E-state index contributed by atoms with van der Waals surface area (Å²) < 4.78 is 1.72. The molecule has 2 aromatic heterocycles. The topological polar surface area (TPSA) is 97.1 Å². The molecule has 0 fully saturated rings. The molecule has 1 aromatic carbocycles. The van der Waals surface area contributed by atoms with Crippen LogP contribution in [0.4, 0.5) is 0 Å². The largest absolute Gasteiger partial charge is 0.476 e. The molecule has 0 aliphatic carbocycles. The van der Waals surface area contributed by atoms with E-state index in [4.69, 9.17) is 5.11 Å². The molecule has 8 heteroatoms. The number of carbonyl (C=O) groups excluding carboxylic acids is 1. The number of amides is 1. The van der Waals surface area contributed by atoms with Crippen LogP contribution >= 0.6 is 11.3 Å². The van der Waals surface area contributed by atoms with Gasteiger partial charge in [-0.05, 0) is 23.6 Å². The third-order valence-electron chi connectivity index (χ3n) is 4.09. The number of aryl methyl sites for hydroxylation is 1. The van der Waals surface area contributed by atoms with Crippen molar-refractivity contribution in [1.82, 2.24) is 20.1 Å². The maximum absolute atomic E-state index is 12.4. The molecule has 1 amide bonds. The van der Waals surface area contributed by atoms with E-state index in [9.17, 15) is 9.59 Å². The highest BCUT2D eigenvalue weighted by Crippen LogP contribution is 2.24. The lowest BCUT2D eigenvalue weighted by Crippen LogP contribution is -2.23. The third-order valence-corrected chi connectivity index (χ3v) is 4.98. The second-order valence-electron chi connectivity index (χ2n) is 6.46. The molecule has 0 saturated heterocycles. The molecule has 140 valence electrons. The zero-order chi connectivity index (χ0) is 19.6.